The fraction of sp³-hybridized carbons (Fsp3) is 0.300. The van der Waals surface area contributed by atoms with Crippen molar-refractivity contribution >= 4 is 32.7 Å². The van der Waals surface area contributed by atoms with E-state index in [1.807, 2.05) is 85.5 Å². The zero-order chi connectivity index (χ0) is 26.4. The average molecular weight is 563 g/mol. The molecule has 0 aliphatic carbocycles. The van der Waals surface area contributed by atoms with Crippen molar-refractivity contribution in [2.24, 2.45) is 0 Å². The number of carbonyl (C=O) groups is 1. The molecule has 4 rings (SSSR count). The van der Waals surface area contributed by atoms with E-state index in [4.69, 9.17) is 9.72 Å². The van der Waals surface area contributed by atoms with Crippen molar-refractivity contribution in [2.45, 2.75) is 46.1 Å². The molecule has 3 aromatic carbocycles. The summed E-state index contributed by atoms with van der Waals surface area (Å²) in [5.41, 5.74) is 1.61. The second-order valence-electron chi connectivity index (χ2n) is 8.92. The number of hydrogen-bond donors (Lipinski definition) is 0. The van der Waals surface area contributed by atoms with E-state index in [0.717, 1.165) is 23.7 Å². The van der Waals surface area contributed by atoms with E-state index in [0.29, 0.717) is 46.9 Å². The largest absolute Gasteiger partial charge is 0.492 e. The van der Waals surface area contributed by atoms with Gasteiger partial charge in [-0.1, -0.05) is 60.0 Å². The highest BCUT2D eigenvalue weighted by Gasteiger charge is 2.28. The lowest BCUT2D eigenvalue weighted by Crippen LogP contribution is -2.38. The van der Waals surface area contributed by atoms with Crippen LogP contribution in [-0.2, 0) is 0 Å². The predicted molar refractivity (Wildman–Crippen MR) is 152 cm³/mol. The van der Waals surface area contributed by atoms with Crippen LogP contribution >= 0.6 is 15.9 Å². The van der Waals surface area contributed by atoms with Crippen LogP contribution in [0.1, 0.15) is 62.3 Å². The summed E-state index contributed by atoms with van der Waals surface area (Å²) in [6.45, 7) is 7.01. The topological polar surface area (TPSA) is 64.4 Å². The number of aromatic nitrogens is 2. The molecule has 0 aliphatic rings. The lowest BCUT2D eigenvalue weighted by molar-refractivity contribution is 0.0677. The quantitative estimate of drug-likeness (QED) is 0.197. The minimum absolute atomic E-state index is 0.0943. The molecule has 4 aromatic rings. The van der Waals surface area contributed by atoms with E-state index in [1.165, 1.54) is 0 Å². The molecule has 0 aliphatic heterocycles. The first-order valence-electron chi connectivity index (χ1n) is 12.8. The van der Waals surface area contributed by atoms with Gasteiger partial charge >= 0.3 is 0 Å². The zero-order valence-electron chi connectivity index (χ0n) is 21.5. The third-order valence-electron chi connectivity index (χ3n) is 6.40. The van der Waals surface area contributed by atoms with Gasteiger partial charge < -0.3 is 9.64 Å². The van der Waals surface area contributed by atoms with Crippen LogP contribution in [0.4, 0.5) is 0 Å². The minimum Gasteiger partial charge on any atom is -0.492 e. The minimum atomic E-state index is -0.472. The molecule has 37 heavy (non-hydrogen) atoms. The van der Waals surface area contributed by atoms with Crippen molar-refractivity contribution < 1.29 is 9.53 Å². The summed E-state index contributed by atoms with van der Waals surface area (Å²) in [6, 6.07) is 21.7. The lowest BCUT2D eigenvalue weighted by Gasteiger charge is -2.31. The Kier molecular flexibility index (Phi) is 8.77. The first-order chi connectivity index (χ1) is 18.0. The van der Waals surface area contributed by atoms with Gasteiger partial charge in [-0.25, -0.2) is 4.98 Å². The van der Waals surface area contributed by atoms with Crippen LogP contribution < -0.4 is 10.3 Å². The standard InChI is InChI=1S/C30H32BrN3O3/c1-4-6-11-20-33(29(35)22-16-18-23(31)19-17-22)21(3)28-32-25-13-8-7-12-24(25)30(36)34(28)26-14-9-10-15-27(26)37-5-2/h7-10,12-19,21H,4-6,11,20H2,1-3H3. The Bertz CT molecular complexity index is 1430. The lowest BCUT2D eigenvalue weighted by atomic mass is 10.1. The highest BCUT2D eigenvalue weighted by Crippen LogP contribution is 2.29. The number of hydrogen-bond acceptors (Lipinski definition) is 4. The fourth-order valence-electron chi connectivity index (χ4n) is 4.48. The van der Waals surface area contributed by atoms with Gasteiger partial charge in [0, 0.05) is 16.6 Å². The first kappa shape index (κ1) is 26.6. The van der Waals surface area contributed by atoms with Gasteiger partial charge in [-0.05, 0) is 68.8 Å². The molecule has 0 spiro atoms. The van der Waals surface area contributed by atoms with E-state index in [1.54, 1.807) is 10.6 Å². The number of benzene rings is 3. The molecule has 1 unspecified atom stereocenters. The molecule has 0 N–H and O–H groups in total. The average Bonchev–Trinajstić information content (AvgIpc) is 2.91. The number of rotatable bonds is 10. The second-order valence-corrected chi connectivity index (χ2v) is 9.83. The second kappa shape index (κ2) is 12.2. The smallest absolute Gasteiger partial charge is 0.266 e. The fourth-order valence-corrected chi connectivity index (χ4v) is 4.75. The monoisotopic (exact) mass is 561 g/mol. The first-order valence-corrected chi connectivity index (χ1v) is 13.6. The van der Waals surface area contributed by atoms with Gasteiger partial charge in [-0.2, -0.15) is 0 Å². The molecule has 6 nitrogen and oxygen atoms in total. The Hall–Kier alpha value is -3.45. The summed E-state index contributed by atoms with van der Waals surface area (Å²) in [7, 11) is 0. The zero-order valence-corrected chi connectivity index (χ0v) is 23.1. The van der Waals surface area contributed by atoms with Gasteiger partial charge in [-0.3, -0.25) is 14.2 Å². The van der Waals surface area contributed by atoms with Crippen LogP contribution in [0.2, 0.25) is 0 Å². The van der Waals surface area contributed by atoms with Crippen molar-refractivity contribution in [1.29, 1.82) is 0 Å². The number of amides is 1. The number of unbranched alkanes of at least 4 members (excludes halogenated alkanes) is 2. The number of fused-ring (bicyclic) bond motifs is 1. The van der Waals surface area contributed by atoms with Crippen LogP contribution in [0.15, 0.2) is 82.1 Å². The van der Waals surface area contributed by atoms with E-state index < -0.39 is 6.04 Å². The van der Waals surface area contributed by atoms with Crippen LogP contribution in [0, 0.1) is 0 Å². The van der Waals surface area contributed by atoms with Gasteiger partial charge in [0.05, 0.1) is 29.2 Å². The van der Waals surface area contributed by atoms with Crippen molar-refractivity contribution in [3.63, 3.8) is 0 Å². The molecule has 192 valence electrons. The summed E-state index contributed by atoms with van der Waals surface area (Å²) in [4.78, 5) is 34.5. The third kappa shape index (κ3) is 5.77. The molecule has 7 heteroatoms. The number of halogens is 1. The summed E-state index contributed by atoms with van der Waals surface area (Å²) in [5, 5.41) is 0.515. The van der Waals surface area contributed by atoms with Gasteiger partial charge in [0.25, 0.3) is 11.5 Å². The highest BCUT2D eigenvalue weighted by molar-refractivity contribution is 9.10. The van der Waals surface area contributed by atoms with E-state index in [2.05, 4.69) is 22.9 Å². The van der Waals surface area contributed by atoms with E-state index in [-0.39, 0.29) is 11.5 Å². The molecule has 0 radical (unpaired) electrons. The van der Waals surface area contributed by atoms with Crippen LogP contribution in [0.25, 0.3) is 16.6 Å². The van der Waals surface area contributed by atoms with E-state index in [9.17, 15) is 9.59 Å². The number of nitrogens with zero attached hydrogens (tertiary/aromatic N) is 3. The van der Waals surface area contributed by atoms with Crippen LogP contribution in [0.3, 0.4) is 0 Å². The van der Waals surface area contributed by atoms with E-state index >= 15 is 0 Å². The van der Waals surface area contributed by atoms with Gasteiger partial charge in [-0.15, -0.1) is 0 Å². The SMILES string of the molecule is CCCCCN(C(=O)c1ccc(Br)cc1)C(C)c1nc2ccccc2c(=O)n1-c1ccccc1OCC. The predicted octanol–water partition coefficient (Wildman–Crippen LogP) is 6.94. The molecule has 1 atom stereocenters. The molecular formula is C30H32BrN3O3. The Morgan fingerprint density at radius 1 is 1.00 bits per heavy atom. The number of para-hydroxylation sites is 3. The maximum absolute atomic E-state index is 13.9. The maximum atomic E-state index is 13.9. The molecule has 1 amide bonds. The Morgan fingerprint density at radius 3 is 2.43 bits per heavy atom. The molecule has 0 fully saturated rings. The van der Waals surface area contributed by atoms with Crippen molar-refractivity contribution in [3.8, 4) is 11.4 Å². The van der Waals surface area contributed by atoms with Gasteiger partial charge in [0.1, 0.15) is 11.6 Å². The summed E-state index contributed by atoms with van der Waals surface area (Å²) in [6.07, 6.45) is 2.90. The van der Waals surface area contributed by atoms with Crippen molar-refractivity contribution in [3.05, 3.63) is 99.0 Å². The molecule has 0 saturated carbocycles. The van der Waals surface area contributed by atoms with Gasteiger partial charge in [0.15, 0.2) is 0 Å². The van der Waals surface area contributed by atoms with Crippen LogP contribution in [-0.4, -0.2) is 33.5 Å². The Balaban J connectivity index is 1.91. The summed E-state index contributed by atoms with van der Waals surface area (Å²) < 4.78 is 8.41. The molecular weight excluding hydrogens is 530 g/mol. The number of ether oxygens (including phenoxy) is 1. The van der Waals surface area contributed by atoms with Crippen LogP contribution in [0.5, 0.6) is 5.75 Å². The highest BCUT2D eigenvalue weighted by atomic mass is 79.9. The molecule has 0 saturated heterocycles. The van der Waals surface area contributed by atoms with Gasteiger partial charge in [0.2, 0.25) is 0 Å². The van der Waals surface area contributed by atoms with Crippen molar-refractivity contribution in [2.75, 3.05) is 13.2 Å². The molecule has 0 bridgehead atoms. The summed E-state index contributed by atoms with van der Waals surface area (Å²) in [5.74, 6) is 0.996. The summed E-state index contributed by atoms with van der Waals surface area (Å²) >= 11 is 3.45. The third-order valence-corrected chi connectivity index (χ3v) is 6.93. The maximum Gasteiger partial charge on any atom is 0.266 e. The Labute approximate surface area is 226 Å². The normalized spacial score (nSPS) is 11.9. The van der Waals surface area contributed by atoms with Crippen molar-refractivity contribution in [1.82, 2.24) is 14.5 Å². The number of carbonyl (C=O) groups excluding carboxylic acids is 1. The molecule has 1 aromatic heterocycles. The Morgan fingerprint density at radius 2 is 1.70 bits per heavy atom. The molecule has 1 heterocycles.